The van der Waals surface area contributed by atoms with Crippen LogP contribution in [0.5, 0.6) is 0 Å². The third-order valence-electron chi connectivity index (χ3n) is 1.59. The van der Waals surface area contributed by atoms with E-state index in [1.807, 2.05) is 5.92 Å². The fourth-order valence-corrected chi connectivity index (χ4v) is 1.68. The second-order valence-electron chi connectivity index (χ2n) is 2.72. The summed E-state index contributed by atoms with van der Waals surface area (Å²) < 4.78 is 0. The van der Waals surface area contributed by atoms with Crippen LogP contribution in [0.25, 0.3) is 0 Å². The number of terminal acetylenes is 1. The van der Waals surface area contributed by atoms with Gasteiger partial charge in [-0.05, 0) is 12.8 Å². The van der Waals surface area contributed by atoms with Crippen molar-refractivity contribution in [3.8, 4) is 12.3 Å². The van der Waals surface area contributed by atoms with E-state index in [0.29, 0.717) is 5.01 Å². The number of hydrogen-bond acceptors (Lipinski definition) is 4. The average molecular weight is 224 g/mol. The summed E-state index contributed by atoms with van der Waals surface area (Å²) in [6, 6.07) is -0.383. The van der Waals surface area contributed by atoms with Crippen LogP contribution in [-0.4, -0.2) is 22.0 Å². The zero-order valence-corrected chi connectivity index (χ0v) is 8.67. The number of rotatable bonds is 3. The lowest BCUT2D eigenvalue weighted by molar-refractivity contribution is -0.116. The van der Waals surface area contributed by atoms with Gasteiger partial charge >= 0.3 is 5.97 Å². The molecule has 6 heteroatoms. The van der Waals surface area contributed by atoms with Crippen LogP contribution in [-0.2, 0) is 4.79 Å². The van der Waals surface area contributed by atoms with Crippen molar-refractivity contribution in [2.24, 2.45) is 0 Å². The lowest BCUT2D eigenvalue weighted by Gasteiger charge is -2.07. The molecule has 0 spiro atoms. The van der Waals surface area contributed by atoms with Crippen LogP contribution in [0.2, 0.25) is 0 Å². The molecule has 0 aliphatic rings. The van der Waals surface area contributed by atoms with Gasteiger partial charge in [-0.1, -0.05) is 0 Å². The van der Waals surface area contributed by atoms with Gasteiger partial charge < -0.3 is 10.4 Å². The van der Waals surface area contributed by atoms with Crippen molar-refractivity contribution in [1.29, 1.82) is 0 Å². The monoisotopic (exact) mass is 224 g/mol. The van der Waals surface area contributed by atoms with Crippen LogP contribution >= 0.6 is 11.3 Å². The van der Waals surface area contributed by atoms with E-state index in [9.17, 15) is 9.59 Å². The van der Waals surface area contributed by atoms with Crippen LogP contribution in [0, 0.1) is 12.3 Å². The summed E-state index contributed by atoms with van der Waals surface area (Å²) in [6.45, 7) is 1.68. The minimum atomic E-state index is -1.09. The van der Waals surface area contributed by atoms with E-state index in [-0.39, 0.29) is 11.7 Å². The first-order valence-electron chi connectivity index (χ1n) is 4.00. The zero-order valence-electron chi connectivity index (χ0n) is 7.85. The molecule has 0 radical (unpaired) electrons. The molecule has 1 atom stereocenters. The Morgan fingerprint density at radius 3 is 2.87 bits per heavy atom. The molecular formula is C9H8N2O3S. The molecule has 0 saturated carbocycles. The Hall–Kier alpha value is -1.87. The third-order valence-corrected chi connectivity index (χ3v) is 2.62. The Morgan fingerprint density at radius 1 is 1.73 bits per heavy atom. The van der Waals surface area contributed by atoms with Crippen molar-refractivity contribution in [3.63, 3.8) is 0 Å². The first kappa shape index (κ1) is 11.2. The fourth-order valence-electron chi connectivity index (χ4n) is 0.885. The van der Waals surface area contributed by atoms with Crippen LogP contribution in [0.15, 0.2) is 5.38 Å². The van der Waals surface area contributed by atoms with Gasteiger partial charge in [-0.25, -0.2) is 9.78 Å². The summed E-state index contributed by atoms with van der Waals surface area (Å²) in [5.41, 5.74) is -0.0307. The predicted octanol–water partition coefficient (Wildman–Crippen LogP) is 0.652. The van der Waals surface area contributed by atoms with E-state index in [2.05, 4.69) is 10.3 Å². The number of carboxylic acids is 1. The average Bonchev–Trinajstić information content (AvgIpc) is 2.66. The summed E-state index contributed by atoms with van der Waals surface area (Å²) in [5, 5.41) is 13.0. The van der Waals surface area contributed by atoms with E-state index >= 15 is 0 Å². The van der Waals surface area contributed by atoms with E-state index in [1.165, 1.54) is 5.38 Å². The SMILES string of the molecule is C#CC(=O)NC(C)c1nc(C(=O)O)cs1. The number of aromatic nitrogens is 1. The van der Waals surface area contributed by atoms with E-state index in [0.717, 1.165) is 11.3 Å². The van der Waals surface area contributed by atoms with Gasteiger partial charge in [-0.2, -0.15) is 0 Å². The number of carbonyl (C=O) groups is 2. The van der Waals surface area contributed by atoms with Crippen molar-refractivity contribution in [3.05, 3.63) is 16.1 Å². The number of amides is 1. The van der Waals surface area contributed by atoms with Crippen LogP contribution in [0.3, 0.4) is 0 Å². The normalized spacial score (nSPS) is 11.5. The van der Waals surface area contributed by atoms with Gasteiger partial charge in [0, 0.05) is 5.38 Å². The molecule has 0 bridgehead atoms. The summed E-state index contributed by atoms with van der Waals surface area (Å²) in [7, 11) is 0. The molecule has 1 rings (SSSR count). The van der Waals surface area contributed by atoms with Gasteiger partial charge in [-0.3, -0.25) is 4.79 Å². The van der Waals surface area contributed by atoms with Gasteiger partial charge in [0.1, 0.15) is 5.01 Å². The Balaban J connectivity index is 2.75. The highest BCUT2D eigenvalue weighted by Crippen LogP contribution is 2.17. The standard InChI is InChI=1S/C9H8N2O3S/c1-3-7(12)10-5(2)8-11-6(4-15-8)9(13)14/h1,4-5H,2H3,(H,10,12)(H,13,14). The summed E-state index contributed by atoms with van der Waals surface area (Å²) in [5.74, 6) is 0.269. The molecule has 0 fully saturated rings. The van der Waals surface area contributed by atoms with Gasteiger partial charge in [0.25, 0.3) is 5.91 Å². The minimum Gasteiger partial charge on any atom is -0.476 e. The maximum absolute atomic E-state index is 10.8. The lowest BCUT2D eigenvalue weighted by Crippen LogP contribution is -2.24. The smallest absolute Gasteiger partial charge is 0.355 e. The zero-order chi connectivity index (χ0) is 11.4. The highest BCUT2D eigenvalue weighted by molar-refractivity contribution is 7.09. The molecule has 2 N–H and O–H groups in total. The van der Waals surface area contributed by atoms with Crippen molar-refractivity contribution in [2.45, 2.75) is 13.0 Å². The molecule has 1 unspecified atom stereocenters. The van der Waals surface area contributed by atoms with Gasteiger partial charge in [-0.15, -0.1) is 17.8 Å². The maximum Gasteiger partial charge on any atom is 0.355 e. The topological polar surface area (TPSA) is 79.3 Å². The highest BCUT2D eigenvalue weighted by Gasteiger charge is 2.14. The fraction of sp³-hybridized carbons (Fsp3) is 0.222. The number of hydrogen-bond donors (Lipinski definition) is 2. The Morgan fingerprint density at radius 2 is 2.40 bits per heavy atom. The molecule has 15 heavy (non-hydrogen) atoms. The number of carboxylic acid groups (broad SMARTS) is 1. The van der Waals surface area contributed by atoms with Crippen molar-refractivity contribution >= 4 is 23.2 Å². The van der Waals surface area contributed by atoms with Gasteiger partial charge in [0.2, 0.25) is 0 Å². The van der Waals surface area contributed by atoms with Crippen LogP contribution in [0.4, 0.5) is 0 Å². The summed E-state index contributed by atoms with van der Waals surface area (Å²) >= 11 is 1.16. The molecule has 1 amide bonds. The Kier molecular flexibility index (Phi) is 3.42. The lowest BCUT2D eigenvalue weighted by atomic mass is 10.3. The number of nitrogens with one attached hydrogen (secondary N) is 1. The largest absolute Gasteiger partial charge is 0.476 e. The Labute approximate surface area is 90.1 Å². The van der Waals surface area contributed by atoms with Crippen molar-refractivity contribution in [2.75, 3.05) is 0 Å². The number of carbonyl (C=O) groups excluding carboxylic acids is 1. The molecule has 0 aliphatic carbocycles. The van der Waals surface area contributed by atoms with Crippen LogP contribution in [0.1, 0.15) is 28.5 Å². The van der Waals surface area contributed by atoms with Crippen molar-refractivity contribution in [1.82, 2.24) is 10.3 Å². The highest BCUT2D eigenvalue weighted by atomic mass is 32.1. The van der Waals surface area contributed by atoms with Crippen molar-refractivity contribution < 1.29 is 14.7 Å². The second-order valence-corrected chi connectivity index (χ2v) is 3.61. The van der Waals surface area contributed by atoms with Crippen LogP contribution < -0.4 is 5.32 Å². The maximum atomic E-state index is 10.8. The number of aromatic carboxylic acids is 1. The molecule has 0 aliphatic heterocycles. The number of thiazole rings is 1. The van der Waals surface area contributed by atoms with Gasteiger partial charge in [0.15, 0.2) is 5.69 Å². The predicted molar refractivity (Wildman–Crippen MR) is 54.5 cm³/mol. The third kappa shape index (κ3) is 2.79. The molecule has 1 heterocycles. The molecular weight excluding hydrogens is 216 g/mol. The second kappa shape index (κ2) is 4.57. The molecule has 1 aromatic heterocycles. The summed E-state index contributed by atoms with van der Waals surface area (Å²) in [4.78, 5) is 25.2. The Bertz CT molecular complexity index is 433. The van der Waals surface area contributed by atoms with E-state index in [1.54, 1.807) is 6.92 Å². The molecule has 0 aromatic carbocycles. The van der Waals surface area contributed by atoms with Gasteiger partial charge in [0.05, 0.1) is 6.04 Å². The molecule has 0 saturated heterocycles. The first-order valence-corrected chi connectivity index (χ1v) is 4.88. The first-order chi connectivity index (χ1) is 7.04. The summed E-state index contributed by atoms with van der Waals surface area (Å²) in [6.07, 6.45) is 4.88. The molecule has 78 valence electrons. The van der Waals surface area contributed by atoms with E-state index in [4.69, 9.17) is 11.5 Å². The number of nitrogens with zero attached hydrogens (tertiary/aromatic N) is 1. The minimum absolute atomic E-state index is 0.0307. The molecule has 5 nitrogen and oxygen atoms in total. The van der Waals surface area contributed by atoms with E-state index < -0.39 is 11.9 Å². The quantitative estimate of drug-likeness (QED) is 0.739. The molecule has 1 aromatic rings.